The number of carbonyl (C=O) groups excluding carboxylic acids is 1. The first-order chi connectivity index (χ1) is 16.0. The number of halogens is 2. The van der Waals surface area contributed by atoms with Crippen molar-refractivity contribution >= 4 is 21.5 Å². The van der Waals surface area contributed by atoms with Crippen molar-refractivity contribution in [3.05, 3.63) is 95.8 Å². The number of aromatic nitrogens is 1. The number of hydrogen-bond donors (Lipinski definition) is 1. The molecule has 0 spiro atoms. The summed E-state index contributed by atoms with van der Waals surface area (Å²) in [6, 6.07) is 13.7. The molecule has 34 heavy (non-hydrogen) atoms. The third-order valence-electron chi connectivity index (χ3n) is 4.85. The van der Waals surface area contributed by atoms with Crippen LogP contribution in [0.4, 0.5) is 8.78 Å². The Hall–Kier alpha value is -3.50. The van der Waals surface area contributed by atoms with Gasteiger partial charge < -0.3 is 5.01 Å². The van der Waals surface area contributed by atoms with Gasteiger partial charge in [-0.05, 0) is 36.8 Å². The number of pyridine rings is 1. The van der Waals surface area contributed by atoms with Crippen LogP contribution in [0.1, 0.15) is 22.7 Å². The molecule has 1 N–H and O–H groups in total. The minimum Gasteiger partial charge on any atom is -0.302 e. The molecular weight excluding hydrogens is 462 g/mol. The third-order valence-corrected chi connectivity index (χ3v) is 6.29. The molecule has 7 nitrogen and oxygen atoms in total. The zero-order chi connectivity index (χ0) is 24.9. The van der Waals surface area contributed by atoms with Crippen LogP contribution in [0.25, 0.3) is 0 Å². The summed E-state index contributed by atoms with van der Waals surface area (Å²) in [5.74, 6) is -5.83. The first-order valence-corrected chi connectivity index (χ1v) is 11.7. The molecular formula is C24H24F2N4O3S. The van der Waals surface area contributed by atoms with Crippen molar-refractivity contribution in [1.29, 1.82) is 0 Å². The van der Waals surface area contributed by atoms with Crippen LogP contribution in [0.15, 0.2) is 89.1 Å². The van der Waals surface area contributed by atoms with Crippen LogP contribution in [0.3, 0.4) is 0 Å². The van der Waals surface area contributed by atoms with Gasteiger partial charge in [-0.1, -0.05) is 48.0 Å². The number of ketones is 1. The minimum absolute atomic E-state index is 0.0769. The van der Waals surface area contributed by atoms with E-state index in [4.69, 9.17) is 0 Å². The Morgan fingerprint density at radius 2 is 1.68 bits per heavy atom. The van der Waals surface area contributed by atoms with Crippen LogP contribution in [-0.2, 0) is 14.8 Å². The fourth-order valence-corrected chi connectivity index (χ4v) is 4.39. The summed E-state index contributed by atoms with van der Waals surface area (Å²) in [4.78, 5) is 16.9. The van der Waals surface area contributed by atoms with Crippen LogP contribution in [0.5, 0.6) is 0 Å². The van der Waals surface area contributed by atoms with Crippen molar-refractivity contribution < 1.29 is 22.0 Å². The van der Waals surface area contributed by atoms with E-state index in [-0.39, 0.29) is 16.0 Å². The Balaban J connectivity index is 2.09. The first-order valence-electron chi connectivity index (χ1n) is 10.3. The maximum atomic E-state index is 15.9. The second-order valence-electron chi connectivity index (χ2n) is 7.77. The van der Waals surface area contributed by atoms with Gasteiger partial charge in [-0.2, -0.15) is 18.6 Å². The predicted molar refractivity (Wildman–Crippen MR) is 125 cm³/mol. The number of nitrogens with zero attached hydrogens (tertiary/aromatic N) is 3. The number of hydrogen-bond acceptors (Lipinski definition) is 6. The summed E-state index contributed by atoms with van der Waals surface area (Å²) >= 11 is 0. The normalized spacial score (nSPS) is 13.4. The minimum atomic E-state index is -4.40. The Morgan fingerprint density at radius 1 is 1.03 bits per heavy atom. The standard InChI is InChI=1S/C24H24F2N4O3S/c1-17-11-13-20(14-12-17)34(32,33)29-22(18-8-5-4-6-9-18)24(25,26)23(31)21(28-30(2)3)19-10-7-15-27-16-19/h4-16,22,29H,1-3H3/b28-21+. The lowest BCUT2D eigenvalue weighted by Gasteiger charge is -2.27. The van der Waals surface area contributed by atoms with E-state index in [1.165, 1.54) is 80.0 Å². The number of aryl methyl sites for hydroxylation is 1. The Bertz CT molecular complexity index is 1260. The fraction of sp³-hybridized carbons (Fsp3) is 0.208. The first kappa shape index (κ1) is 25.1. The highest BCUT2D eigenvalue weighted by molar-refractivity contribution is 7.89. The highest BCUT2D eigenvalue weighted by atomic mass is 32.2. The third kappa shape index (κ3) is 5.70. The van der Waals surface area contributed by atoms with E-state index in [1.807, 2.05) is 4.72 Å². The number of sulfonamides is 1. The van der Waals surface area contributed by atoms with Crippen LogP contribution in [0, 0.1) is 6.92 Å². The molecule has 0 bridgehead atoms. The summed E-state index contributed by atoms with van der Waals surface area (Å²) in [5.41, 5.74) is 0.264. The van der Waals surface area contributed by atoms with E-state index in [9.17, 15) is 13.2 Å². The summed E-state index contributed by atoms with van der Waals surface area (Å²) in [7, 11) is -1.43. The molecule has 2 aromatic carbocycles. The zero-order valence-electron chi connectivity index (χ0n) is 18.8. The molecule has 3 aromatic rings. The van der Waals surface area contributed by atoms with Crippen molar-refractivity contribution in [1.82, 2.24) is 14.7 Å². The van der Waals surface area contributed by atoms with E-state index in [0.29, 0.717) is 0 Å². The van der Waals surface area contributed by atoms with Gasteiger partial charge in [0.2, 0.25) is 10.0 Å². The maximum absolute atomic E-state index is 15.9. The van der Waals surface area contributed by atoms with Crippen molar-refractivity contribution in [2.24, 2.45) is 5.10 Å². The number of carbonyl (C=O) groups is 1. The summed E-state index contributed by atoms with van der Waals surface area (Å²) in [6.45, 7) is 1.77. The molecule has 0 aliphatic rings. The lowest BCUT2D eigenvalue weighted by atomic mass is 9.94. The number of alkyl halides is 2. The Morgan fingerprint density at radius 3 is 2.24 bits per heavy atom. The second kappa shape index (κ2) is 10.2. The molecule has 0 saturated carbocycles. The summed E-state index contributed by atoms with van der Waals surface area (Å²) < 4.78 is 59.8. The van der Waals surface area contributed by atoms with Crippen molar-refractivity contribution in [3.63, 3.8) is 0 Å². The van der Waals surface area contributed by atoms with Crippen molar-refractivity contribution in [2.45, 2.75) is 23.8 Å². The zero-order valence-corrected chi connectivity index (χ0v) is 19.6. The van der Waals surface area contributed by atoms with Gasteiger partial charge in [0.05, 0.1) is 4.90 Å². The summed E-state index contributed by atoms with van der Waals surface area (Å²) in [6.07, 6.45) is 2.67. The van der Waals surface area contributed by atoms with Gasteiger partial charge in [0, 0.05) is 32.1 Å². The molecule has 1 heterocycles. The van der Waals surface area contributed by atoms with Gasteiger partial charge in [-0.15, -0.1) is 0 Å². The number of rotatable bonds is 9. The van der Waals surface area contributed by atoms with E-state index in [1.54, 1.807) is 25.1 Å². The number of Topliss-reactive ketones (excluding diaryl/α,β-unsaturated/α-hetero) is 1. The average Bonchev–Trinajstić information content (AvgIpc) is 2.82. The molecule has 10 heteroatoms. The lowest BCUT2D eigenvalue weighted by Crippen LogP contribution is -2.48. The predicted octanol–water partition coefficient (Wildman–Crippen LogP) is 3.58. The number of nitrogens with one attached hydrogen (secondary N) is 1. The molecule has 0 aliphatic heterocycles. The van der Waals surface area contributed by atoms with Crippen LogP contribution in [0.2, 0.25) is 0 Å². The smallest absolute Gasteiger partial charge is 0.302 e. The maximum Gasteiger partial charge on any atom is 0.331 e. The molecule has 0 fully saturated rings. The molecule has 0 radical (unpaired) electrons. The highest BCUT2D eigenvalue weighted by Gasteiger charge is 2.51. The van der Waals surface area contributed by atoms with Crippen LogP contribution >= 0.6 is 0 Å². The number of hydrazone groups is 1. The monoisotopic (exact) mass is 486 g/mol. The van der Waals surface area contributed by atoms with Gasteiger partial charge in [0.1, 0.15) is 11.8 Å². The van der Waals surface area contributed by atoms with Gasteiger partial charge in [-0.25, -0.2) is 8.42 Å². The van der Waals surface area contributed by atoms with E-state index >= 15 is 8.78 Å². The SMILES string of the molecule is Cc1ccc(S(=O)(=O)NC(c2ccccc2)C(F)(F)C(=O)/C(=N/N(C)C)c2cccnc2)cc1. The molecule has 1 aromatic heterocycles. The van der Waals surface area contributed by atoms with Crippen LogP contribution in [-0.4, -0.2) is 49.9 Å². The van der Waals surface area contributed by atoms with Gasteiger partial charge in [-0.3, -0.25) is 9.78 Å². The fourth-order valence-electron chi connectivity index (χ4n) is 3.16. The van der Waals surface area contributed by atoms with Crippen molar-refractivity contribution in [2.75, 3.05) is 14.1 Å². The summed E-state index contributed by atoms with van der Waals surface area (Å²) in [5, 5.41) is 5.17. The Labute approximate surface area is 197 Å². The van der Waals surface area contributed by atoms with E-state index < -0.39 is 33.5 Å². The number of benzene rings is 2. The van der Waals surface area contributed by atoms with Crippen molar-refractivity contribution in [3.8, 4) is 0 Å². The largest absolute Gasteiger partial charge is 0.331 e. The quantitative estimate of drug-likeness (QED) is 0.369. The molecule has 1 unspecified atom stereocenters. The van der Waals surface area contributed by atoms with Gasteiger partial charge >= 0.3 is 5.92 Å². The topological polar surface area (TPSA) is 91.7 Å². The van der Waals surface area contributed by atoms with Gasteiger partial charge in [0.25, 0.3) is 5.78 Å². The molecule has 3 rings (SSSR count). The van der Waals surface area contributed by atoms with Gasteiger partial charge in [0.15, 0.2) is 0 Å². The second-order valence-corrected chi connectivity index (χ2v) is 9.48. The lowest BCUT2D eigenvalue weighted by molar-refractivity contribution is -0.139. The molecule has 0 aliphatic carbocycles. The molecule has 0 saturated heterocycles. The molecule has 0 amide bonds. The van der Waals surface area contributed by atoms with Crippen LogP contribution < -0.4 is 4.72 Å². The molecule has 1 atom stereocenters. The average molecular weight is 487 g/mol. The molecule has 178 valence electrons. The van der Waals surface area contributed by atoms with E-state index in [0.717, 1.165) is 5.56 Å². The Kier molecular flexibility index (Phi) is 7.53. The van der Waals surface area contributed by atoms with E-state index in [2.05, 4.69) is 10.1 Å². The highest BCUT2D eigenvalue weighted by Crippen LogP contribution is 2.35.